The van der Waals surface area contributed by atoms with E-state index in [4.69, 9.17) is 14.5 Å². The van der Waals surface area contributed by atoms with E-state index in [-0.39, 0.29) is 5.91 Å². The van der Waals surface area contributed by atoms with E-state index < -0.39 is 0 Å². The Morgan fingerprint density at radius 1 is 1.07 bits per heavy atom. The van der Waals surface area contributed by atoms with Crippen molar-refractivity contribution >= 4 is 16.8 Å². The van der Waals surface area contributed by atoms with E-state index in [9.17, 15) is 4.79 Å². The van der Waals surface area contributed by atoms with Crippen LogP contribution in [-0.4, -0.2) is 43.1 Å². The van der Waals surface area contributed by atoms with Gasteiger partial charge in [-0.15, -0.1) is 0 Å². The van der Waals surface area contributed by atoms with Gasteiger partial charge in [-0.05, 0) is 55.2 Å². The van der Waals surface area contributed by atoms with E-state index in [2.05, 4.69) is 0 Å². The second kappa shape index (κ2) is 7.89. The average Bonchev–Trinajstić information content (AvgIpc) is 3.20. The van der Waals surface area contributed by atoms with E-state index >= 15 is 0 Å². The summed E-state index contributed by atoms with van der Waals surface area (Å²) in [6.45, 7) is 0.941. The first-order valence-electron chi connectivity index (χ1n) is 9.60. The molecule has 0 saturated heterocycles. The number of methoxy groups -OCH3 is 1. The SMILES string of the molecule is COc1ccc(OCCN(C)C(=O)c2c3c(nc4ccccc24)CCC3)cc1. The summed E-state index contributed by atoms with van der Waals surface area (Å²) in [5.41, 5.74) is 3.90. The van der Waals surface area contributed by atoms with E-state index in [0.717, 1.165) is 58.5 Å². The third-order valence-electron chi connectivity index (χ3n) is 5.23. The van der Waals surface area contributed by atoms with Crippen LogP contribution in [0.5, 0.6) is 11.5 Å². The van der Waals surface area contributed by atoms with Gasteiger partial charge in [-0.2, -0.15) is 0 Å². The predicted molar refractivity (Wildman–Crippen MR) is 109 cm³/mol. The minimum absolute atomic E-state index is 0.0371. The molecule has 0 aliphatic heterocycles. The molecule has 3 aromatic rings. The number of likely N-dealkylation sites (N-methyl/N-ethyl adjacent to an activating group) is 1. The Hall–Kier alpha value is -3.08. The number of aromatic nitrogens is 1. The van der Waals surface area contributed by atoms with Gasteiger partial charge < -0.3 is 14.4 Å². The van der Waals surface area contributed by atoms with Gasteiger partial charge in [0.1, 0.15) is 18.1 Å². The fourth-order valence-corrected chi connectivity index (χ4v) is 3.72. The Kier molecular flexibility index (Phi) is 5.15. The van der Waals surface area contributed by atoms with Crippen LogP contribution in [-0.2, 0) is 12.8 Å². The first kappa shape index (κ1) is 18.3. The Labute approximate surface area is 164 Å². The lowest BCUT2D eigenvalue weighted by Gasteiger charge is -2.20. The van der Waals surface area contributed by atoms with Crippen LogP contribution < -0.4 is 9.47 Å². The number of ether oxygens (including phenoxy) is 2. The van der Waals surface area contributed by atoms with Crippen molar-refractivity contribution in [2.45, 2.75) is 19.3 Å². The number of hydrogen-bond acceptors (Lipinski definition) is 4. The summed E-state index contributed by atoms with van der Waals surface area (Å²) in [6, 6.07) is 15.4. The molecule has 4 rings (SSSR count). The molecular weight excluding hydrogens is 352 g/mol. The zero-order valence-electron chi connectivity index (χ0n) is 16.3. The third-order valence-corrected chi connectivity index (χ3v) is 5.23. The maximum Gasteiger partial charge on any atom is 0.254 e. The average molecular weight is 376 g/mol. The van der Waals surface area contributed by atoms with Crippen molar-refractivity contribution in [3.05, 3.63) is 65.4 Å². The van der Waals surface area contributed by atoms with Crippen LogP contribution in [0, 0.1) is 0 Å². The lowest BCUT2D eigenvalue weighted by molar-refractivity contribution is 0.0774. The van der Waals surface area contributed by atoms with Gasteiger partial charge >= 0.3 is 0 Å². The van der Waals surface area contributed by atoms with Crippen LogP contribution >= 0.6 is 0 Å². The standard InChI is InChI=1S/C23H24N2O3/c1-25(14-15-28-17-12-10-16(27-2)11-13-17)23(26)22-18-6-3-4-8-20(18)24-21-9-5-7-19(21)22/h3-4,6,8,10-13H,5,7,9,14-15H2,1-2H3. The molecule has 0 bridgehead atoms. The van der Waals surface area contributed by atoms with Crippen molar-refractivity contribution in [3.63, 3.8) is 0 Å². The number of para-hydroxylation sites is 1. The lowest BCUT2D eigenvalue weighted by atomic mass is 10.00. The Morgan fingerprint density at radius 3 is 2.61 bits per heavy atom. The van der Waals surface area contributed by atoms with Crippen molar-refractivity contribution in [3.8, 4) is 11.5 Å². The van der Waals surface area contributed by atoms with Crippen molar-refractivity contribution in [2.24, 2.45) is 0 Å². The maximum absolute atomic E-state index is 13.3. The number of carbonyl (C=O) groups excluding carboxylic acids is 1. The van der Waals surface area contributed by atoms with Crippen LogP contribution in [0.15, 0.2) is 48.5 Å². The molecule has 1 amide bonds. The molecule has 1 aliphatic carbocycles. The molecule has 0 saturated carbocycles. The van der Waals surface area contributed by atoms with Crippen LogP contribution in [0.25, 0.3) is 10.9 Å². The molecular formula is C23H24N2O3. The van der Waals surface area contributed by atoms with Gasteiger partial charge in [0.25, 0.3) is 5.91 Å². The number of rotatable bonds is 6. The number of carbonyl (C=O) groups is 1. The minimum atomic E-state index is 0.0371. The summed E-state index contributed by atoms with van der Waals surface area (Å²) in [7, 11) is 3.46. The molecule has 28 heavy (non-hydrogen) atoms. The third kappa shape index (κ3) is 3.52. The summed E-state index contributed by atoms with van der Waals surface area (Å²) in [5, 5.41) is 0.941. The maximum atomic E-state index is 13.3. The van der Waals surface area contributed by atoms with Gasteiger partial charge in [0.2, 0.25) is 0 Å². The van der Waals surface area contributed by atoms with Gasteiger partial charge in [0.15, 0.2) is 0 Å². The molecule has 1 aliphatic rings. The molecule has 0 spiro atoms. The summed E-state index contributed by atoms with van der Waals surface area (Å²) >= 11 is 0. The molecule has 5 nitrogen and oxygen atoms in total. The van der Waals surface area contributed by atoms with E-state index in [1.165, 1.54) is 0 Å². The highest BCUT2D eigenvalue weighted by Crippen LogP contribution is 2.30. The number of fused-ring (bicyclic) bond motifs is 2. The molecule has 1 aromatic heterocycles. The van der Waals surface area contributed by atoms with E-state index in [1.54, 1.807) is 12.0 Å². The number of amides is 1. The number of pyridine rings is 1. The fourth-order valence-electron chi connectivity index (χ4n) is 3.72. The van der Waals surface area contributed by atoms with Crippen LogP contribution in [0.2, 0.25) is 0 Å². The summed E-state index contributed by atoms with van der Waals surface area (Å²) in [5.74, 6) is 1.59. The molecule has 2 aromatic carbocycles. The molecule has 1 heterocycles. The quantitative estimate of drug-likeness (QED) is 0.655. The highest BCUT2D eigenvalue weighted by atomic mass is 16.5. The Morgan fingerprint density at radius 2 is 1.82 bits per heavy atom. The number of nitrogens with zero attached hydrogens (tertiary/aromatic N) is 2. The lowest BCUT2D eigenvalue weighted by Crippen LogP contribution is -2.32. The van der Waals surface area contributed by atoms with Crippen molar-refractivity contribution in [1.29, 1.82) is 0 Å². The fraction of sp³-hybridized carbons (Fsp3) is 0.304. The van der Waals surface area contributed by atoms with Gasteiger partial charge in [-0.3, -0.25) is 9.78 Å². The highest BCUT2D eigenvalue weighted by molar-refractivity contribution is 6.07. The number of benzene rings is 2. The van der Waals surface area contributed by atoms with Crippen LogP contribution in [0.1, 0.15) is 28.0 Å². The summed E-state index contributed by atoms with van der Waals surface area (Å²) in [4.78, 5) is 19.8. The molecule has 0 N–H and O–H groups in total. The van der Waals surface area contributed by atoms with Gasteiger partial charge in [-0.25, -0.2) is 0 Å². The largest absolute Gasteiger partial charge is 0.497 e. The van der Waals surface area contributed by atoms with Gasteiger partial charge in [-0.1, -0.05) is 18.2 Å². The predicted octanol–water partition coefficient (Wildman–Crippen LogP) is 3.88. The van der Waals surface area contributed by atoms with E-state index in [1.807, 2.05) is 55.6 Å². The Balaban J connectivity index is 1.49. The topological polar surface area (TPSA) is 51.7 Å². The van der Waals surface area contributed by atoms with Crippen LogP contribution in [0.4, 0.5) is 0 Å². The smallest absolute Gasteiger partial charge is 0.254 e. The van der Waals surface area contributed by atoms with Gasteiger partial charge in [0, 0.05) is 18.1 Å². The number of aryl methyl sites for hydroxylation is 1. The molecule has 144 valence electrons. The molecule has 0 unspecified atom stereocenters. The molecule has 5 heteroatoms. The monoisotopic (exact) mass is 376 g/mol. The first-order valence-corrected chi connectivity index (χ1v) is 9.60. The highest BCUT2D eigenvalue weighted by Gasteiger charge is 2.25. The zero-order chi connectivity index (χ0) is 19.5. The Bertz CT molecular complexity index is 999. The second-order valence-electron chi connectivity index (χ2n) is 7.03. The van der Waals surface area contributed by atoms with E-state index in [0.29, 0.717) is 13.2 Å². The number of hydrogen-bond donors (Lipinski definition) is 0. The summed E-state index contributed by atoms with van der Waals surface area (Å²) < 4.78 is 10.9. The van der Waals surface area contributed by atoms with Crippen molar-refractivity contribution < 1.29 is 14.3 Å². The second-order valence-corrected chi connectivity index (χ2v) is 7.03. The molecule has 0 fully saturated rings. The first-order chi connectivity index (χ1) is 13.7. The van der Waals surface area contributed by atoms with Crippen molar-refractivity contribution in [1.82, 2.24) is 9.88 Å². The zero-order valence-corrected chi connectivity index (χ0v) is 16.3. The normalized spacial score (nSPS) is 12.6. The van der Waals surface area contributed by atoms with Gasteiger partial charge in [0.05, 0.1) is 24.7 Å². The summed E-state index contributed by atoms with van der Waals surface area (Å²) in [6.07, 6.45) is 2.93. The minimum Gasteiger partial charge on any atom is -0.497 e. The molecule has 0 atom stereocenters. The van der Waals surface area contributed by atoms with Crippen LogP contribution in [0.3, 0.4) is 0 Å². The van der Waals surface area contributed by atoms with Crippen molar-refractivity contribution in [2.75, 3.05) is 27.3 Å². The molecule has 0 radical (unpaired) electrons.